The third-order valence-corrected chi connectivity index (χ3v) is 36.8. The predicted molar refractivity (Wildman–Crippen MR) is 491 cm³/mol. The molecule has 111 heavy (non-hydrogen) atoms. The highest BCUT2D eigenvalue weighted by molar-refractivity contribution is 7.98. The number of hydrogen-bond acceptors (Lipinski definition) is 7. The lowest BCUT2D eigenvalue weighted by atomic mass is 9.82. The maximum absolute atomic E-state index is 10.6. The Morgan fingerprint density at radius 3 is 1.32 bits per heavy atom. The highest BCUT2D eigenvalue weighted by atomic mass is 32.2. The third kappa shape index (κ3) is 22.8. The number of unbranched alkanes of at least 4 members (excludes halogenated alkanes) is 5. The van der Waals surface area contributed by atoms with E-state index in [0.29, 0.717) is 72.0 Å². The molecular weight excluding hydrogens is 1480 g/mol. The molecule has 0 radical (unpaired) electrons. The molecule has 4 aliphatic heterocycles. The Kier molecular flexibility index (Phi) is 34.4. The summed E-state index contributed by atoms with van der Waals surface area (Å²) in [5, 5.41) is 68.1. The summed E-state index contributed by atoms with van der Waals surface area (Å²) in [4.78, 5) is 8.53. The minimum absolute atomic E-state index is 0.0568. The summed E-state index contributed by atoms with van der Waals surface area (Å²) in [6.07, 6.45) is 38.7. The molecule has 13 heteroatoms. The molecule has 9 aromatic carbocycles. The molecule has 6 fully saturated rings. The molecule has 6 N–H and O–H groups in total. The Hall–Kier alpha value is -5.54. The largest absolute Gasteiger partial charge is 0.507 e. The standard InChI is InChI=1S/C23H29OS.C20H32OS.C18H28OS.C13H18OS.C12H12O2S.C12H12OS/c1-2-3-12-24-22-10-11-23(19-7-5-4-6-18(19)22)25-14-20-16-8-9-17(13-16)21(20)15-25;1-5-7-9-17-13-19(22-15(3)11-12-16(22)4)14-18(20(17)21)10-8-6-2;1-3-5-9-15-13-17(20-11-7-8-12-20)14-16(18(15)19)10-6-4-2;1-10-8-12(9-11(2)13(10)14)15-6-4-3-5-7-15;1-15(2)11-7-6-9(13)8-4-3-5-10(14)12(8)11;1-14(2)12-8-7-11(13)9-5-3-4-6-10(9)12/h4-7,10-11,16-17,20-21H,2-3,8-9,12-15H2,1H3;13-16H,5-12H2,1-4H3;13-14H,3-12H2,1-2H3;8-9H,3-7H2,1-2H3;3-7H,1-2H3,(H-,13,14);3-8H,1-2H3/q+1;;;;;/p+5. The van der Waals surface area contributed by atoms with E-state index in [2.05, 4.69) is 152 Å². The number of rotatable bonds is 22. The van der Waals surface area contributed by atoms with Crippen molar-refractivity contribution in [2.24, 2.45) is 23.7 Å². The number of aryl methyl sites for hydroxylation is 6. The molecule has 6 unspecified atom stereocenters. The average Bonchev–Trinajstić information content (AvgIpc) is 1.59. The highest BCUT2D eigenvalue weighted by Gasteiger charge is 2.57. The fourth-order valence-corrected chi connectivity index (χ4v) is 30.7. The summed E-state index contributed by atoms with van der Waals surface area (Å²) in [6, 6.07) is 47.8. The van der Waals surface area contributed by atoms with Crippen molar-refractivity contribution >= 4 is 97.7 Å². The molecule has 15 rings (SSSR count). The number of hydrogen-bond donors (Lipinski definition) is 6. The second-order valence-electron chi connectivity index (χ2n) is 32.5. The Morgan fingerprint density at radius 1 is 0.396 bits per heavy atom. The molecule has 2 saturated carbocycles. The first-order valence-electron chi connectivity index (χ1n) is 42.4. The van der Waals surface area contributed by atoms with Crippen LogP contribution in [0.5, 0.6) is 40.2 Å². The minimum atomic E-state index is 0.0568. The molecule has 0 amide bonds. The monoisotopic (exact) mass is 1620 g/mol. The maximum Gasteiger partial charge on any atom is 0.166 e. The van der Waals surface area contributed by atoms with Crippen LogP contribution >= 0.6 is 0 Å². The van der Waals surface area contributed by atoms with Gasteiger partial charge in [-0.05, 0) is 262 Å². The van der Waals surface area contributed by atoms with Crippen molar-refractivity contribution in [1.29, 1.82) is 0 Å². The van der Waals surface area contributed by atoms with Crippen molar-refractivity contribution in [3.63, 3.8) is 0 Å². The lowest BCUT2D eigenvalue weighted by molar-refractivity contribution is 0.281. The lowest BCUT2D eigenvalue weighted by Gasteiger charge is -2.19. The summed E-state index contributed by atoms with van der Waals surface area (Å²) in [7, 11) is 2.02. The van der Waals surface area contributed by atoms with Gasteiger partial charge >= 0.3 is 0 Å². The van der Waals surface area contributed by atoms with E-state index in [1.54, 1.807) is 35.6 Å². The Labute approximate surface area is 686 Å². The van der Waals surface area contributed by atoms with E-state index in [1.165, 1.54) is 208 Å². The number of fused-ring (bicyclic) bond motifs is 8. The van der Waals surface area contributed by atoms with Crippen LogP contribution in [0.2, 0.25) is 0 Å². The first-order valence-corrected chi connectivity index (χ1v) is 52.5. The zero-order valence-electron chi connectivity index (χ0n) is 69.7. The molecule has 4 saturated heterocycles. The van der Waals surface area contributed by atoms with E-state index in [4.69, 9.17) is 4.74 Å². The van der Waals surface area contributed by atoms with Crippen LogP contribution in [0.15, 0.2) is 169 Å². The molecule has 6 aliphatic rings. The van der Waals surface area contributed by atoms with Gasteiger partial charge in [0.15, 0.2) is 29.4 Å². The zero-order valence-corrected chi connectivity index (χ0v) is 74.6. The number of aromatic hydroxyl groups is 6. The highest BCUT2D eigenvalue weighted by Crippen LogP contribution is 2.57. The molecule has 7 nitrogen and oxygen atoms in total. The van der Waals surface area contributed by atoms with E-state index < -0.39 is 0 Å². The van der Waals surface area contributed by atoms with Crippen molar-refractivity contribution < 1.29 is 35.4 Å². The van der Waals surface area contributed by atoms with E-state index >= 15 is 0 Å². The smallest absolute Gasteiger partial charge is 0.166 e. The van der Waals surface area contributed by atoms with Gasteiger partial charge in [0.1, 0.15) is 110 Å². The van der Waals surface area contributed by atoms with Crippen molar-refractivity contribution in [3.8, 4) is 40.2 Å². The second-order valence-corrected chi connectivity index (χ2v) is 46.1. The summed E-state index contributed by atoms with van der Waals surface area (Å²) >= 11 is 0. The van der Waals surface area contributed by atoms with Crippen LogP contribution < -0.4 is 4.74 Å². The first-order chi connectivity index (χ1) is 53.7. The van der Waals surface area contributed by atoms with Gasteiger partial charge in [-0.25, -0.2) is 0 Å². The van der Waals surface area contributed by atoms with Gasteiger partial charge in [0, 0.05) is 128 Å². The normalized spacial score (nSPS) is 20.6. The average molecular weight is 1620 g/mol. The van der Waals surface area contributed by atoms with Crippen LogP contribution in [0, 0.1) is 37.5 Å². The molecular formula is C98H136O7S6+6. The van der Waals surface area contributed by atoms with Gasteiger partial charge in [-0.15, -0.1) is 0 Å². The van der Waals surface area contributed by atoms with Gasteiger partial charge in [0.25, 0.3) is 0 Å². The fraction of sp³-hybridized carbons (Fsp3) is 0.510. The summed E-state index contributed by atoms with van der Waals surface area (Å²) in [6.45, 7) is 20.8. The molecule has 2 aliphatic carbocycles. The van der Waals surface area contributed by atoms with Gasteiger partial charge in [0.05, 0.1) is 12.0 Å². The van der Waals surface area contributed by atoms with Crippen molar-refractivity contribution in [3.05, 3.63) is 173 Å². The summed E-state index contributed by atoms with van der Waals surface area (Å²) in [5.41, 5.74) is 6.87. The lowest BCUT2D eigenvalue weighted by Crippen LogP contribution is -2.20. The van der Waals surface area contributed by atoms with Gasteiger partial charge in [-0.3, -0.25) is 0 Å². The Balaban J connectivity index is 0.000000143. The van der Waals surface area contributed by atoms with Crippen LogP contribution in [0.4, 0.5) is 0 Å². The van der Waals surface area contributed by atoms with Crippen LogP contribution in [-0.4, -0.2) is 107 Å². The first kappa shape index (κ1) is 87.8. The molecule has 2 bridgehead atoms. The van der Waals surface area contributed by atoms with Crippen LogP contribution in [0.25, 0.3) is 32.3 Å². The fourth-order valence-electron chi connectivity index (χ4n) is 17.6. The van der Waals surface area contributed by atoms with Crippen molar-refractivity contribution in [2.75, 3.05) is 66.1 Å². The number of ether oxygens (including phenoxy) is 1. The van der Waals surface area contributed by atoms with Crippen molar-refractivity contribution in [2.45, 2.75) is 256 Å². The number of phenolic OH excluding ortho intramolecular Hbond substituents is 6. The number of phenols is 6. The van der Waals surface area contributed by atoms with Gasteiger partial charge in [0.2, 0.25) is 0 Å². The topological polar surface area (TPSA) is 131 Å². The van der Waals surface area contributed by atoms with Gasteiger partial charge in [-0.2, -0.15) is 0 Å². The number of benzene rings is 9. The Bertz CT molecular complexity index is 4320. The van der Waals surface area contributed by atoms with Crippen LogP contribution in [-0.2, 0) is 91.1 Å². The molecule has 0 aromatic heterocycles. The molecule has 6 atom stereocenters. The second kappa shape index (κ2) is 43.4. The van der Waals surface area contributed by atoms with Crippen LogP contribution in [0.1, 0.15) is 210 Å². The van der Waals surface area contributed by atoms with Gasteiger partial charge in [-0.1, -0.05) is 115 Å². The molecule has 600 valence electrons. The van der Waals surface area contributed by atoms with E-state index in [-0.39, 0.29) is 33.3 Å². The van der Waals surface area contributed by atoms with Crippen LogP contribution in [0.3, 0.4) is 0 Å². The summed E-state index contributed by atoms with van der Waals surface area (Å²) in [5.74, 6) is 16.1. The van der Waals surface area contributed by atoms with Crippen molar-refractivity contribution in [1.82, 2.24) is 0 Å². The zero-order chi connectivity index (χ0) is 79.3. The quantitative estimate of drug-likeness (QED) is 0.0294. The Morgan fingerprint density at radius 2 is 0.829 bits per heavy atom. The van der Waals surface area contributed by atoms with E-state index in [1.807, 2.05) is 50.2 Å². The SMILES string of the molecule is CCCCOc1ccc([S+]2CC3C4CCC(C4)C3C2)c2ccccc12.CCCCc1cc([S+]2C(C)CCC2C)cc(CCCC)c1O.CCCCc1cc([S+]2CCCC2)cc(CCCC)c1O.C[S+](C)c1ccc(O)c2cccc(O)c12.C[S+](C)c1ccc(O)c2ccccc12.Cc1cc([S+]2CCCCC2)cc(C)c1O. The molecule has 0 spiro atoms. The van der Waals surface area contributed by atoms with E-state index in [9.17, 15) is 30.6 Å². The molecule has 9 aromatic rings. The van der Waals surface area contributed by atoms with E-state index in [0.717, 1.165) is 105 Å². The third-order valence-electron chi connectivity index (χ3n) is 23.9. The maximum atomic E-state index is 10.6. The summed E-state index contributed by atoms with van der Waals surface area (Å²) < 4.78 is 6.10. The predicted octanol–water partition coefficient (Wildman–Crippen LogP) is 24.6. The minimum Gasteiger partial charge on any atom is -0.507 e. The van der Waals surface area contributed by atoms with Gasteiger partial charge < -0.3 is 35.4 Å². The molecule has 4 heterocycles.